The highest BCUT2D eigenvalue weighted by atomic mass is 79.9. The van der Waals surface area contributed by atoms with Gasteiger partial charge in [0.05, 0.1) is 0 Å². The summed E-state index contributed by atoms with van der Waals surface area (Å²) >= 11 is 3.48. The summed E-state index contributed by atoms with van der Waals surface area (Å²) < 4.78 is 0.984. The van der Waals surface area contributed by atoms with Crippen molar-refractivity contribution >= 4 is 26.7 Å². The molecule has 0 aliphatic carbocycles. The quantitative estimate of drug-likeness (QED) is 0.703. The molecule has 0 fully saturated rings. The number of hydrogen-bond donors (Lipinski definition) is 1. The average molecular weight is 327 g/mol. The standard InChI is InChI=1S/C18H15BrO/c1-12-9-10-14(19)11-17(12)18(20)16-8-4-6-13-5-2-3-7-15(13)16/h2-11,18,20H,1H3. The highest BCUT2D eigenvalue weighted by molar-refractivity contribution is 9.10. The topological polar surface area (TPSA) is 20.2 Å². The Kier molecular flexibility index (Phi) is 3.60. The maximum atomic E-state index is 10.8. The summed E-state index contributed by atoms with van der Waals surface area (Å²) in [6, 6.07) is 20.2. The number of rotatable bonds is 2. The van der Waals surface area contributed by atoms with Crippen LogP contribution in [0.2, 0.25) is 0 Å². The van der Waals surface area contributed by atoms with E-state index in [0.717, 1.165) is 31.9 Å². The van der Waals surface area contributed by atoms with Crippen molar-refractivity contribution in [3.05, 3.63) is 81.8 Å². The Balaban J connectivity index is 2.17. The summed E-state index contributed by atoms with van der Waals surface area (Å²) in [4.78, 5) is 0. The van der Waals surface area contributed by atoms with Crippen LogP contribution >= 0.6 is 15.9 Å². The van der Waals surface area contributed by atoms with Crippen LogP contribution in [0.5, 0.6) is 0 Å². The molecule has 3 aromatic carbocycles. The Labute approximate surface area is 127 Å². The summed E-state index contributed by atoms with van der Waals surface area (Å²) in [5.74, 6) is 0. The largest absolute Gasteiger partial charge is 0.384 e. The molecule has 0 saturated heterocycles. The van der Waals surface area contributed by atoms with Gasteiger partial charge in [0.15, 0.2) is 0 Å². The molecule has 3 rings (SSSR count). The van der Waals surface area contributed by atoms with E-state index in [1.54, 1.807) is 0 Å². The molecule has 0 heterocycles. The van der Waals surface area contributed by atoms with Gasteiger partial charge in [0, 0.05) is 4.47 Å². The Morgan fingerprint density at radius 1 is 0.900 bits per heavy atom. The molecule has 1 nitrogen and oxygen atoms in total. The second-order valence-electron chi connectivity index (χ2n) is 4.97. The lowest BCUT2D eigenvalue weighted by atomic mass is 9.93. The second kappa shape index (κ2) is 5.39. The molecule has 0 saturated carbocycles. The van der Waals surface area contributed by atoms with E-state index in [9.17, 15) is 5.11 Å². The van der Waals surface area contributed by atoms with Crippen molar-refractivity contribution in [1.82, 2.24) is 0 Å². The third-order valence-electron chi connectivity index (χ3n) is 3.65. The van der Waals surface area contributed by atoms with Crippen molar-refractivity contribution in [3.63, 3.8) is 0 Å². The number of hydrogen-bond acceptors (Lipinski definition) is 1. The van der Waals surface area contributed by atoms with Crippen LogP contribution in [-0.4, -0.2) is 5.11 Å². The predicted molar refractivity (Wildman–Crippen MR) is 86.9 cm³/mol. The molecule has 0 aliphatic rings. The van der Waals surface area contributed by atoms with E-state index >= 15 is 0 Å². The molecule has 100 valence electrons. The molecule has 1 atom stereocenters. The number of fused-ring (bicyclic) bond motifs is 1. The first-order chi connectivity index (χ1) is 9.66. The number of aliphatic hydroxyl groups excluding tert-OH is 1. The lowest BCUT2D eigenvalue weighted by Crippen LogP contribution is -2.02. The minimum atomic E-state index is -0.612. The van der Waals surface area contributed by atoms with Gasteiger partial charge in [-0.15, -0.1) is 0 Å². The molecule has 20 heavy (non-hydrogen) atoms. The van der Waals surface area contributed by atoms with Gasteiger partial charge in [0.25, 0.3) is 0 Å². The van der Waals surface area contributed by atoms with Crippen LogP contribution in [0.1, 0.15) is 22.8 Å². The minimum absolute atomic E-state index is 0.612. The lowest BCUT2D eigenvalue weighted by Gasteiger charge is -2.16. The lowest BCUT2D eigenvalue weighted by molar-refractivity contribution is 0.221. The smallest absolute Gasteiger partial charge is 0.105 e. The molecule has 0 aromatic heterocycles. The van der Waals surface area contributed by atoms with Crippen molar-refractivity contribution in [2.24, 2.45) is 0 Å². The number of aryl methyl sites for hydroxylation is 1. The fourth-order valence-corrected chi connectivity index (χ4v) is 2.94. The van der Waals surface area contributed by atoms with E-state index in [1.165, 1.54) is 0 Å². The Morgan fingerprint density at radius 3 is 2.50 bits per heavy atom. The zero-order valence-corrected chi connectivity index (χ0v) is 12.8. The van der Waals surface area contributed by atoms with Gasteiger partial charge in [-0.25, -0.2) is 0 Å². The van der Waals surface area contributed by atoms with E-state index in [4.69, 9.17) is 0 Å². The van der Waals surface area contributed by atoms with Gasteiger partial charge in [0.2, 0.25) is 0 Å². The number of aliphatic hydroxyl groups is 1. The molecule has 1 unspecified atom stereocenters. The molecular formula is C18H15BrO. The third-order valence-corrected chi connectivity index (χ3v) is 4.15. The maximum absolute atomic E-state index is 10.8. The van der Waals surface area contributed by atoms with E-state index in [-0.39, 0.29) is 0 Å². The van der Waals surface area contributed by atoms with Crippen LogP contribution in [-0.2, 0) is 0 Å². The Bertz CT molecular complexity index is 759. The van der Waals surface area contributed by atoms with Crippen LogP contribution < -0.4 is 0 Å². The van der Waals surface area contributed by atoms with Gasteiger partial charge in [0.1, 0.15) is 6.10 Å². The van der Waals surface area contributed by atoms with Crippen molar-refractivity contribution in [1.29, 1.82) is 0 Å². The van der Waals surface area contributed by atoms with E-state index in [1.807, 2.05) is 49.4 Å². The minimum Gasteiger partial charge on any atom is -0.384 e. The zero-order chi connectivity index (χ0) is 14.1. The van der Waals surface area contributed by atoms with E-state index < -0.39 is 6.10 Å². The maximum Gasteiger partial charge on any atom is 0.105 e. The Hall–Kier alpha value is -1.64. The van der Waals surface area contributed by atoms with Crippen molar-refractivity contribution in [3.8, 4) is 0 Å². The average Bonchev–Trinajstić information content (AvgIpc) is 2.48. The molecule has 0 radical (unpaired) electrons. The fraction of sp³-hybridized carbons (Fsp3) is 0.111. The van der Waals surface area contributed by atoms with Crippen LogP contribution in [0.15, 0.2) is 65.1 Å². The highest BCUT2D eigenvalue weighted by Crippen LogP contribution is 2.31. The van der Waals surface area contributed by atoms with Gasteiger partial charge in [-0.05, 0) is 46.5 Å². The highest BCUT2D eigenvalue weighted by Gasteiger charge is 2.15. The van der Waals surface area contributed by atoms with Crippen LogP contribution in [0.4, 0.5) is 0 Å². The summed E-state index contributed by atoms with van der Waals surface area (Å²) in [5.41, 5.74) is 2.98. The normalized spacial score (nSPS) is 12.6. The zero-order valence-electron chi connectivity index (χ0n) is 11.2. The van der Waals surface area contributed by atoms with Crippen molar-refractivity contribution < 1.29 is 5.11 Å². The molecule has 0 spiro atoms. The molecule has 0 aliphatic heterocycles. The second-order valence-corrected chi connectivity index (χ2v) is 5.89. The first-order valence-corrected chi connectivity index (χ1v) is 7.38. The molecule has 1 N–H and O–H groups in total. The molecule has 3 aromatic rings. The van der Waals surface area contributed by atoms with Crippen LogP contribution in [0, 0.1) is 6.92 Å². The summed E-state index contributed by atoms with van der Waals surface area (Å²) in [5, 5.41) is 13.0. The third kappa shape index (κ3) is 2.37. The first kappa shape index (κ1) is 13.3. The molecule has 2 heteroatoms. The van der Waals surface area contributed by atoms with Gasteiger partial charge in [-0.3, -0.25) is 0 Å². The van der Waals surface area contributed by atoms with Gasteiger partial charge >= 0.3 is 0 Å². The van der Waals surface area contributed by atoms with Crippen molar-refractivity contribution in [2.75, 3.05) is 0 Å². The molecule has 0 bridgehead atoms. The van der Waals surface area contributed by atoms with Crippen molar-refractivity contribution in [2.45, 2.75) is 13.0 Å². The van der Waals surface area contributed by atoms with Gasteiger partial charge in [-0.2, -0.15) is 0 Å². The van der Waals surface area contributed by atoms with Gasteiger partial charge < -0.3 is 5.11 Å². The SMILES string of the molecule is Cc1ccc(Br)cc1C(O)c1cccc2ccccc12. The number of halogens is 1. The summed E-state index contributed by atoms with van der Waals surface area (Å²) in [6.45, 7) is 2.02. The summed E-state index contributed by atoms with van der Waals surface area (Å²) in [7, 11) is 0. The van der Waals surface area contributed by atoms with E-state index in [0.29, 0.717) is 0 Å². The molecule has 0 amide bonds. The first-order valence-electron chi connectivity index (χ1n) is 6.58. The fourth-order valence-electron chi connectivity index (χ4n) is 2.56. The predicted octanol–water partition coefficient (Wildman–Crippen LogP) is 4.99. The Morgan fingerprint density at radius 2 is 1.65 bits per heavy atom. The van der Waals surface area contributed by atoms with Gasteiger partial charge in [-0.1, -0.05) is 64.5 Å². The monoisotopic (exact) mass is 326 g/mol. The van der Waals surface area contributed by atoms with Crippen LogP contribution in [0.3, 0.4) is 0 Å². The summed E-state index contributed by atoms with van der Waals surface area (Å²) in [6.07, 6.45) is -0.612. The molecular weight excluding hydrogens is 312 g/mol. The van der Waals surface area contributed by atoms with Crippen LogP contribution in [0.25, 0.3) is 10.8 Å². The van der Waals surface area contributed by atoms with E-state index in [2.05, 4.69) is 34.1 Å². The number of benzene rings is 3.